The van der Waals surface area contributed by atoms with Crippen LogP contribution in [0, 0.1) is 0 Å². The maximum absolute atomic E-state index is 14.3. The summed E-state index contributed by atoms with van der Waals surface area (Å²) < 4.78 is 11.4. The van der Waals surface area contributed by atoms with Crippen LogP contribution < -0.4 is 10.1 Å². The Hall–Kier alpha value is -2.77. The molecule has 2 aromatic carbocycles. The molecule has 39 heavy (non-hydrogen) atoms. The second-order valence-electron chi connectivity index (χ2n) is 11.8. The van der Waals surface area contributed by atoms with Gasteiger partial charge in [0.05, 0.1) is 16.5 Å². The van der Waals surface area contributed by atoms with Crippen molar-refractivity contribution in [2.75, 3.05) is 6.54 Å². The number of rotatable bonds is 7. The summed E-state index contributed by atoms with van der Waals surface area (Å²) in [5.41, 5.74) is -0.160. The first kappa shape index (κ1) is 29.2. The van der Waals surface area contributed by atoms with Crippen LogP contribution in [0.2, 0.25) is 5.02 Å². The van der Waals surface area contributed by atoms with Crippen LogP contribution in [0.5, 0.6) is 5.75 Å². The molecule has 2 aliphatic rings. The third kappa shape index (κ3) is 7.67. The molecule has 1 aliphatic heterocycles. The molecular weight excluding hydrogens is 516 g/mol. The van der Waals surface area contributed by atoms with Gasteiger partial charge in [0.25, 0.3) is 0 Å². The fourth-order valence-corrected chi connectivity index (χ4v) is 5.88. The van der Waals surface area contributed by atoms with Crippen molar-refractivity contribution in [1.29, 1.82) is 0 Å². The first-order chi connectivity index (χ1) is 18.6. The molecular formula is C31H41ClN2O5. The third-order valence-electron chi connectivity index (χ3n) is 7.50. The van der Waals surface area contributed by atoms with E-state index in [9.17, 15) is 14.7 Å². The topological polar surface area (TPSA) is 88.1 Å². The number of piperidine rings is 1. The summed E-state index contributed by atoms with van der Waals surface area (Å²) in [7, 11) is 0. The normalized spacial score (nSPS) is 20.1. The Morgan fingerprint density at radius 3 is 2.46 bits per heavy atom. The predicted molar refractivity (Wildman–Crippen MR) is 152 cm³/mol. The number of hydrogen-bond acceptors (Lipinski definition) is 5. The van der Waals surface area contributed by atoms with Gasteiger partial charge in [0, 0.05) is 6.54 Å². The van der Waals surface area contributed by atoms with Gasteiger partial charge in [0.15, 0.2) is 0 Å². The van der Waals surface area contributed by atoms with Crippen LogP contribution in [0.25, 0.3) is 0 Å². The van der Waals surface area contributed by atoms with E-state index in [1.807, 2.05) is 57.2 Å². The van der Waals surface area contributed by atoms with Crippen molar-refractivity contribution < 1.29 is 24.2 Å². The molecule has 2 unspecified atom stereocenters. The van der Waals surface area contributed by atoms with E-state index in [-0.39, 0.29) is 5.91 Å². The molecule has 212 valence electrons. The van der Waals surface area contributed by atoms with Gasteiger partial charge in [0.1, 0.15) is 24.1 Å². The van der Waals surface area contributed by atoms with E-state index in [0.29, 0.717) is 48.7 Å². The number of aliphatic hydroxyl groups is 1. The zero-order valence-corrected chi connectivity index (χ0v) is 24.0. The van der Waals surface area contributed by atoms with Gasteiger partial charge in [0.2, 0.25) is 5.91 Å². The minimum Gasteiger partial charge on any atom is -0.487 e. The number of amides is 2. The van der Waals surface area contributed by atoms with Crippen LogP contribution in [0.3, 0.4) is 0 Å². The number of ether oxygens (including phenoxy) is 2. The minimum absolute atomic E-state index is 0.200. The van der Waals surface area contributed by atoms with Crippen LogP contribution in [-0.4, -0.2) is 45.9 Å². The second kappa shape index (κ2) is 12.6. The van der Waals surface area contributed by atoms with Gasteiger partial charge in [-0.3, -0.25) is 4.79 Å². The molecule has 2 fully saturated rings. The summed E-state index contributed by atoms with van der Waals surface area (Å²) >= 11 is 6.67. The van der Waals surface area contributed by atoms with Gasteiger partial charge in [-0.2, -0.15) is 0 Å². The first-order valence-electron chi connectivity index (χ1n) is 14.0. The number of nitrogens with one attached hydrogen (secondary N) is 1. The van der Waals surface area contributed by atoms with Gasteiger partial charge in [-0.15, -0.1) is 0 Å². The van der Waals surface area contributed by atoms with Crippen molar-refractivity contribution in [2.24, 2.45) is 0 Å². The van der Waals surface area contributed by atoms with E-state index >= 15 is 0 Å². The fourth-order valence-electron chi connectivity index (χ4n) is 5.64. The average molecular weight is 557 g/mol. The van der Waals surface area contributed by atoms with E-state index in [0.717, 1.165) is 37.7 Å². The molecule has 0 radical (unpaired) electrons. The number of halogens is 1. The number of carbonyl (C=O) groups excluding carboxylic acids is 2. The highest BCUT2D eigenvalue weighted by Gasteiger charge is 2.46. The molecule has 2 aromatic rings. The average Bonchev–Trinajstić information content (AvgIpc) is 2.88. The Morgan fingerprint density at radius 1 is 1.08 bits per heavy atom. The van der Waals surface area contributed by atoms with Gasteiger partial charge in [-0.25, -0.2) is 4.79 Å². The highest BCUT2D eigenvalue weighted by atomic mass is 35.5. The van der Waals surface area contributed by atoms with Crippen molar-refractivity contribution in [2.45, 2.75) is 102 Å². The number of hydrogen-bond donors (Lipinski definition) is 2. The van der Waals surface area contributed by atoms with Gasteiger partial charge < -0.3 is 24.8 Å². The lowest BCUT2D eigenvalue weighted by Gasteiger charge is -2.44. The lowest BCUT2D eigenvalue weighted by Crippen LogP contribution is -2.57. The zero-order chi connectivity index (χ0) is 28.0. The maximum atomic E-state index is 14.3. The highest BCUT2D eigenvalue weighted by molar-refractivity contribution is 6.32. The van der Waals surface area contributed by atoms with Crippen LogP contribution in [0.1, 0.15) is 89.2 Å². The van der Waals surface area contributed by atoms with E-state index in [1.165, 1.54) is 0 Å². The smallest absolute Gasteiger partial charge is 0.409 e. The summed E-state index contributed by atoms with van der Waals surface area (Å²) in [5.74, 6) is -0.484. The molecule has 0 aromatic heterocycles. The zero-order valence-electron chi connectivity index (χ0n) is 23.2. The van der Waals surface area contributed by atoms with Crippen molar-refractivity contribution in [1.82, 2.24) is 10.2 Å². The van der Waals surface area contributed by atoms with Crippen molar-refractivity contribution in [3.63, 3.8) is 0 Å². The molecule has 1 aliphatic carbocycles. The monoisotopic (exact) mass is 556 g/mol. The van der Waals surface area contributed by atoms with Crippen LogP contribution in [-0.2, 0) is 16.1 Å². The number of benzene rings is 2. The molecule has 2 N–H and O–H groups in total. The van der Waals surface area contributed by atoms with E-state index < -0.39 is 29.4 Å². The Labute approximate surface area is 236 Å². The van der Waals surface area contributed by atoms with Crippen LogP contribution >= 0.6 is 11.6 Å². The second-order valence-corrected chi connectivity index (χ2v) is 12.2. The molecule has 8 heteroatoms. The largest absolute Gasteiger partial charge is 0.487 e. The molecule has 4 rings (SSSR count). The number of carbonyl (C=O) groups is 2. The molecule has 0 spiro atoms. The van der Waals surface area contributed by atoms with Crippen LogP contribution in [0.15, 0.2) is 48.5 Å². The molecule has 0 bridgehead atoms. The summed E-state index contributed by atoms with van der Waals surface area (Å²) in [5, 5.41) is 15.2. The Balaban J connectivity index is 1.59. The minimum atomic E-state index is -1.20. The van der Waals surface area contributed by atoms with Gasteiger partial charge in [-0.1, -0.05) is 67.3 Å². The lowest BCUT2D eigenvalue weighted by molar-refractivity contribution is -0.146. The van der Waals surface area contributed by atoms with Gasteiger partial charge in [-0.05, 0) is 76.1 Å². The number of likely N-dealkylation sites (tertiary alicyclic amines) is 1. The van der Waals surface area contributed by atoms with Crippen LogP contribution in [0.4, 0.5) is 4.79 Å². The summed E-state index contributed by atoms with van der Waals surface area (Å²) in [6, 6.07) is 15.2. The highest BCUT2D eigenvalue weighted by Crippen LogP contribution is 2.43. The summed E-state index contributed by atoms with van der Waals surface area (Å²) in [4.78, 5) is 28.6. The van der Waals surface area contributed by atoms with E-state index in [4.69, 9.17) is 21.1 Å². The van der Waals surface area contributed by atoms with Gasteiger partial charge >= 0.3 is 6.09 Å². The van der Waals surface area contributed by atoms with E-state index in [1.54, 1.807) is 17.0 Å². The Morgan fingerprint density at radius 2 is 1.79 bits per heavy atom. The first-order valence-corrected chi connectivity index (χ1v) is 14.4. The van der Waals surface area contributed by atoms with Crippen molar-refractivity contribution in [3.8, 4) is 5.75 Å². The van der Waals surface area contributed by atoms with Crippen molar-refractivity contribution >= 4 is 23.6 Å². The quantitative estimate of drug-likeness (QED) is 0.403. The molecule has 1 saturated heterocycles. The summed E-state index contributed by atoms with van der Waals surface area (Å²) in [6.45, 7) is 6.29. The SMILES string of the molecule is CC(C)(C)OC(=O)NC1CCCCN1C(=O)C(c1ccc(OCc2ccccc2)c(Cl)c1)C1(O)CCCCC1. The standard InChI is InChI=1S/C31H41ClN2O5/c1-30(2,3)39-29(36)33-26-14-8-11-19-34(26)28(35)27(31(37)17-9-5-10-18-31)23-15-16-25(24(32)20-23)38-21-22-12-6-4-7-13-22/h4,6-7,12-13,15-16,20,26-27,37H,5,8-11,14,17-19,21H2,1-3H3,(H,33,36). The third-order valence-corrected chi connectivity index (χ3v) is 7.79. The van der Waals surface area contributed by atoms with Crippen molar-refractivity contribution in [3.05, 3.63) is 64.7 Å². The predicted octanol–water partition coefficient (Wildman–Crippen LogP) is 6.56. The molecule has 2 atom stereocenters. The maximum Gasteiger partial charge on any atom is 0.409 e. The molecule has 1 saturated carbocycles. The molecule has 7 nitrogen and oxygen atoms in total. The number of alkyl carbamates (subject to hydrolysis) is 1. The fraction of sp³-hybridized carbons (Fsp3) is 0.548. The van der Waals surface area contributed by atoms with E-state index in [2.05, 4.69) is 5.32 Å². The molecule has 2 amide bonds. The number of nitrogens with zero attached hydrogens (tertiary/aromatic N) is 1. The summed E-state index contributed by atoms with van der Waals surface area (Å²) in [6.07, 6.45) is 5.09. The Kier molecular flexibility index (Phi) is 9.44. The molecule has 1 heterocycles. The lowest BCUT2D eigenvalue weighted by atomic mass is 9.72. The Bertz CT molecular complexity index is 1130.